The summed E-state index contributed by atoms with van der Waals surface area (Å²) in [5.74, 6) is 0.729. The number of nitrogens with zero attached hydrogens (tertiary/aromatic N) is 1. The first-order valence-corrected chi connectivity index (χ1v) is 6.85. The van der Waals surface area contributed by atoms with Crippen LogP contribution in [0.5, 0.6) is 0 Å². The van der Waals surface area contributed by atoms with Crippen molar-refractivity contribution in [2.75, 3.05) is 19.0 Å². The number of carbonyl (C=O) groups is 1. The third-order valence-corrected chi connectivity index (χ3v) is 3.14. The van der Waals surface area contributed by atoms with Gasteiger partial charge in [-0.05, 0) is 19.4 Å². The highest BCUT2D eigenvalue weighted by Crippen LogP contribution is 2.26. The van der Waals surface area contributed by atoms with E-state index in [1.807, 2.05) is 23.9 Å². The fraction of sp³-hybridized carbons (Fsp3) is 0.462. The van der Waals surface area contributed by atoms with E-state index in [0.29, 0.717) is 6.61 Å². The summed E-state index contributed by atoms with van der Waals surface area (Å²) in [6, 6.07) is 0. The Kier molecular flexibility index (Phi) is 6.55. The second kappa shape index (κ2) is 8.01. The Morgan fingerprint density at radius 3 is 3.06 bits per heavy atom. The van der Waals surface area contributed by atoms with E-state index in [2.05, 4.69) is 18.0 Å². The summed E-state index contributed by atoms with van der Waals surface area (Å²) in [4.78, 5) is 14.5. The van der Waals surface area contributed by atoms with Gasteiger partial charge in [0.05, 0.1) is 12.5 Å². The summed E-state index contributed by atoms with van der Waals surface area (Å²) in [6.45, 7) is 5.49. The van der Waals surface area contributed by atoms with Gasteiger partial charge in [-0.2, -0.15) is 0 Å². The molecule has 0 amide bonds. The molecular weight excluding hydrogens is 234 g/mol. The summed E-state index contributed by atoms with van der Waals surface area (Å²) in [6.07, 6.45) is 10.3. The molecule has 1 aliphatic heterocycles. The van der Waals surface area contributed by atoms with Crippen molar-refractivity contribution in [3.05, 3.63) is 35.4 Å². The van der Waals surface area contributed by atoms with Gasteiger partial charge in [-0.15, -0.1) is 11.8 Å². The SMILES string of the molecule is CCCN1C=C(C=CC=CC(=O)OCC)SC1. The van der Waals surface area contributed by atoms with E-state index >= 15 is 0 Å². The number of hydrogen-bond acceptors (Lipinski definition) is 4. The van der Waals surface area contributed by atoms with E-state index < -0.39 is 0 Å². The lowest BCUT2D eigenvalue weighted by Crippen LogP contribution is -2.13. The quantitative estimate of drug-likeness (QED) is 0.413. The van der Waals surface area contributed by atoms with Crippen LogP contribution in [0.2, 0.25) is 0 Å². The van der Waals surface area contributed by atoms with Crippen LogP contribution in [-0.2, 0) is 9.53 Å². The number of ether oxygens (including phenoxy) is 1. The molecule has 0 saturated heterocycles. The van der Waals surface area contributed by atoms with Crippen LogP contribution in [0.15, 0.2) is 35.4 Å². The number of hydrogen-bond donors (Lipinski definition) is 0. The average molecular weight is 253 g/mol. The van der Waals surface area contributed by atoms with Crippen molar-refractivity contribution >= 4 is 17.7 Å². The largest absolute Gasteiger partial charge is 0.463 e. The molecule has 17 heavy (non-hydrogen) atoms. The summed E-state index contributed by atoms with van der Waals surface area (Å²) >= 11 is 1.81. The van der Waals surface area contributed by atoms with Crippen molar-refractivity contribution in [3.8, 4) is 0 Å². The average Bonchev–Trinajstić information content (AvgIpc) is 2.73. The molecule has 0 radical (unpaired) electrons. The molecule has 0 aromatic rings. The molecule has 4 heteroatoms. The minimum Gasteiger partial charge on any atom is -0.463 e. The van der Waals surface area contributed by atoms with E-state index in [4.69, 9.17) is 4.74 Å². The number of carbonyl (C=O) groups excluding carboxylic acids is 1. The van der Waals surface area contributed by atoms with Gasteiger partial charge in [0.15, 0.2) is 0 Å². The second-order valence-corrected chi connectivity index (χ2v) is 4.61. The molecule has 0 saturated carbocycles. The maximum absolute atomic E-state index is 11.0. The number of rotatable bonds is 6. The number of thioether (sulfide) groups is 1. The van der Waals surface area contributed by atoms with Crippen LogP contribution in [0.25, 0.3) is 0 Å². The standard InChI is InChI=1S/C13H19NO2S/c1-3-9-14-10-12(17-11-14)7-5-6-8-13(15)16-4-2/h5-8,10H,3-4,9,11H2,1-2H3. The topological polar surface area (TPSA) is 29.5 Å². The summed E-state index contributed by atoms with van der Waals surface area (Å²) in [7, 11) is 0. The van der Waals surface area contributed by atoms with Gasteiger partial charge in [0.2, 0.25) is 0 Å². The van der Waals surface area contributed by atoms with Gasteiger partial charge in [-0.25, -0.2) is 4.79 Å². The van der Waals surface area contributed by atoms with Crippen LogP contribution < -0.4 is 0 Å². The molecule has 0 unspecified atom stereocenters. The van der Waals surface area contributed by atoms with Crippen molar-refractivity contribution in [3.63, 3.8) is 0 Å². The lowest BCUT2D eigenvalue weighted by Gasteiger charge is -2.11. The van der Waals surface area contributed by atoms with Gasteiger partial charge in [-0.3, -0.25) is 0 Å². The Hall–Kier alpha value is -1.16. The Morgan fingerprint density at radius 1 is 1.53 bits per heavy atom. The fourth-order valence-electron chi connectivity index (χ4n) is 1.39. The minimum absolute atomic E-state index is 0.294. The first-order chi connectivity index (χ1) is 8.26. The Balaban J connectivity index is 2.34. The monoisotopic (exact) mass is 253 g/mol. The van der Waals surface area contributed by atoms with E-state index in [1.54, 1.807) is 13.0 Å². The molecule has 0 N–H and O–H groups in total. The van der Waals surface area contributed by atoms with Crippen molar-refractivity contribution in [2.45, 2.75) is 20.3 Å². The first-order valence-electron chi connectivity index (χ1n) is 5.86. The Labute approximate surface area is 107 Å². The van der Waals surface area contributed by atoms with Gasteiger partial charge >= 0.3 is 5.97 Å². The Morgan fingerprint density at radius 2 is 2.35 bits per heavy atom. The predicted molar refractivity (Wildman–Crippen MR) is 72.5 cm³/mol. The fourth-order valence-corrected chi connectivity index (χ4v) is 2.31. The molecule has 94 valence electrons. The smallest absolute Gasteiger partial charge is 0.330 e. The third kappa shape index (κ3) is 5.63. The zero-order valence-electron chi connectivity index (χ0n) is 10.4. The van der Waals surface area contributed by atoms with Crippen LogP contribution in [-0.4, -0.2) is 29.9 Å². The molecule has 0 aliphatic carbocycles. The number of allylic oxidation sites excluding steroid dienone is 3. The highest BCUT2D eigenvalue weighted by atomic mass is 32.2. The van der Waals surface area contributed by atoms with Crippen LogP contribution in [0.3, 0.4) is 0 Å². The maximum Gasteiger partial charge on any atom is 0.330 e. The van der Waals surface area contributed by atoms with Crippen molar-refractivity contribution in [2.24, 2.45) is 0 Å². The molecular formula is C13H19NO2S. The van der Waals surface area contributed by atoms with Crippen LogP contribution >= 0.6 is 11.8 Å². The van der Waals surface area contributed by atoms with Crippen molar-refractivity contribution < 1.29 is 9.53 Å². The predicted octanol–water partition coefficient (Wildman–Crippen LogP) is 2.92. The van der Waals surface area contributed by atoms with Gasteiger partial charge in [0.1, 0.15) is 0 Å². The Bertz CT molecular complexity index is 334. The molecule has 1 rings (SSSR count). The minimum atomic E-state index is -0.294. The summed E-state index contributed by atoms with van der Waals surface area (Å²) in [5.41, 5.74) is 0. The summed E-state index contributed by atoms with van der Waals surface area (Å²) < 4.78 is 4.78. The lowest BCUT2D eigenvalue weighted by molar-refractivity contribution is -0.137. The zero-order chi connectivity index (χ0) is 12.5. The van der Waals surface area contributed by atoms with E-state index in [9.17, 15) is 4.79 Å². The normalized spacial score (nSPS) is 15.9. The molecule has 1 aliphatic rings. The molecule has 0 atom stereocenters. The lowest BCUT2D eigenvalue weighted by atomic mass is 10.4. The van der Waals surface area contributed by atoms with Crippen molar-refractivity contribution in [1.82, 2.24) is 4.90 Å². The first kappa shape index (κ1) is 13.9. The zero-order valence-corrected chi connectivity index (χ0v) is 11.2. The molecule has 1 heterocycles. The van der Waals surface area contributed by atoms with Gasteiger partial charge < -0.3 is 9.64 Å². The molecule has 0 spiro atoms. The van der Waals surface area contributed by atoms with Crippen LogP contribution in [0.4, 0.5) is 0 Å². The second-order valence-electron chi connectivity index (χ2n) is 3.59. The molecule has 0 fully saturated rings. The van der Waals surface area contributed by atoms with Gasteiger partial charge in [0.25, 0.3) is 0 Å². The van der Waals surface area contributed by atoms with E-state index in [-0.39, 0.29) is 5.97 Å². The van der Waals surface area contributed by atoms with Gasteiger partial charge in [-0.1, -0.05) is 19.1 Å². The van der Waals surface area contributed by atoms with E-state index in [0.717, 1.165) is 18.8 Å². The van der Waals surface area contributed by atoms with Crippen molar-refractivity contribution in [1.29, 1.82) is 0 Å². The third-order valence-electron chi connectivity index (χ3n) is 2.11. The maximum atomic E-state index is 11.0. The molecule has 0 aromatic carbocycles. The molecule has 0 aromatic heterocycles. The highest BCUT2D eigenvalue weighted by molar-refractivity contribution is 8.03. The summed E-state index contributed by atoms with van der Waals surface area (Å²) in [5, 5.41) is 0. The van der Waals surface area contributed by atoms with E-state index in [1.165, 1.54) is 11.0 Å². The number of esters is 1. The highest BCUT2D eigenvalue weighted by Gasteiger charge is 2.08. The molecule has 0 bridgehead atoms. The van der Waals surface area contributed by atoms with Crippen LogP contribution in [0.1, 0.15) is 20.3 Å². The van der Waals surface area contributed by atoms with Crippen LogP contribution in [0, 0.1) is 0 Å². The molecule has 3 nitrogen and oxygen atoms in total. The van der Waals surface area contributed by atoms with Gasteiger partial charge in [0, 0.05) is 23.7 Å².